The number of halogens is 2. The third kappa shape index (κ3) is 2.65. The first-order valence-electron chi connectivity index (χ1n) is 6.35. The minimum absolute atomic E-state index is 0.0486. The highest BCUT2D eigenvalue weighted by atomic mass is 35.5. The van der Waals surface area contributed by atoms with Crippen LogP contribution in [0.15, 0.2) is 53.4 Å². The number of anilines is 1. The Morgan fingerprint density at radius 2 is 1.73 bits per heavy atom. The van der Waals surface area contributed by atoms with Crippen LogP contribution in [0.3, 0.4) is 0 Å². The normalized spacial score (nSPS) is 16.6. The smallest absolute Gasteiger partial charge is 0.268 e. The van der Waals surface area contributed by atoms with Gasteiger partial charge in [-0.15, -0.1) is 0 Å². The van der Waals surface area contributed by atoms with Crippen LogP contribution in [-0.2, 0) is 4.79 Å². The van der Waals surface area contributed by atoms with Crippen LogP contribution in [0, 0.1) is 5.82 Å². The molecule has 0 atom stereocenters. The maximum atomic E-state index is 13.8. The van der Waals surface area contributed by atoms with Crippen LogP contribution < -0.4 is 4.90 Å². The van der Waals surface area contributed by atoms with Crippen molar-refractivity contribution in [2.45, 2.75) is 0 Å². The SMILES string of the molecule is O=C1S/C(=C\c2ccccc2Cl)C(=O)N1c1ccccc1F. The van der Waals surface area contributed by atoms with Gasteiger partial charge in [0.05, 0.1) is 10.6 Å². The maximum absolute atomic E-state index is 13.8. The van der Waals surface area contributed by atoms with Crippen LogP contribution in [0.25, 0.3) is 6.08 Å². The number of carbonyl (C=O) groups excluding carboxylic acids is 2. The molecule has 6 heteroatoms. The second kappa shape index (κ2) is 5.94. The molecule has 1 heterocycles. The van der Waals surface area contributed by atoms with E-state index in [1.165, 1.54) is 24.3 Å². The van der Waals surface area contributed by atoms with Crippen LogP contribution in [0.2, 0.25) is 5.02 Å². The number of benzene rings is 2. The Hall–Kier alpha value is -2.11. The van der Waals surface area contributed by atoms with Crippen LogP contribution >= 0.6 is 23.4 Å². The number of nitrogens with zero attached hydrogens (tertiary/aromatic N) is 1. The van der Waals surface area contributed by atoms with Crippen molar-refractivity contribution < 1.29 is 14.0 Å². The van der Waals surface area contributed by atoms with Gasteiger partial charge in [0.25, 0.3) is 11.1 Å². The van der Waals surface area contributed by atoms with Crippen LogP contribution in [0.1, 0.15) is 5.56 Å². The van der Waals surface area contributed by atoms with Gasteiger partial charge >= 0.3 is 0 Å². The lowest BCUT2D eigenvalue weighted by molar-refractivity contribution is -0.113. The summed E-state index contributed by atoms with van der Waals surface area (Å²) in [7, 11) is 0. The lowest BCUT2D eigenvalue weighted by atomic mass is 10.2. The highest BCUT2D eigenvalue weighted by Gasteiger charge is 2.37. The number of imide groups is 1. The average Bonchev–Trinajstić information content (AvgIpc) is 2.77. The Labute approximate surface area is 135 Å². The molecule has 2 aromatic carbocycles. The predicted octanol–water partition coefficient (Wildman–Crippen LogP) is 4.72. The molecular weight excluding hydrogens is 325 g/mol. The molecule has 2 aromatic rings. The van der Waals surface area contributed by atoms with Crippen molar-refractivity contribution in [1.29, 1.82) is 0 Å². The number of hydrogen-bond donors (Lipinski definition) is 0. The minimum Gasteiger partial charge on any atom is -0.268 e. The number of hydrogen-bond acceptors (Lipinski definition) is 3. The summed E-state index contributed by atoms with van der Waals surface area (Å²) in [6.45, 7) is 0. The molecule has 0 aromatic heterocycles. The highest BCUT2D eigenvalue weighted by Crippen LogP contribution is 2.37. The molecule has 3 nitrogen and oxygen atoms in total. The van der Waals surface area contributed by atoms with Crippen molar-refractivity contribution in [3.8, 4) is 0 Å². The van der Waals surface area contributed by atoms with E-state index in [-0.39, 0.29) is 10.6 Å². The lowest BCUT2D eigenvalue weighted by Gasteiger charge is -2.12. The van der Waals surface area contributed by atoms with E-state index < -0.39 is 17.0 Å². The third-order valence-corrected chi connectivity index (χ3v) is 4.29. The highest BCUT2D eigenvalue weighted by molar-refractivity contribution is 8.19. The number of amides is 2. The number of rotatable bonds is 2. The zero-order chi connectivity index (χ0) is 15.7. The minimum atomic E-state index is -0.621. The molecule has 1 saturated heterocycles. The molecule has 0 spiro atoms. The first kappa shape index (κ1) is 14.8. The predicted molar refractivity (Wildman–Crippen MR) is 86.3 cm³/mol. The average molecular weight is 334 g/mol. The zero-order valence-electron chi connectivity index (χ0n) is 11.1. The Morgan fingerprint density at radius 3 is 2.45 bits per heavy atom. The molecule has 2 amide bonds. The van der Waals surface area contributed by atoms with Gasteiger partial charge in [0.1, 0.15) is 5.82 Å². The van der Waals surface area contributed by atoms with E-state index in [2.05, 4.69) is 0 Å². The van der Waals surface area contributed by atoms with Gasteiger partial charge in [-0.25, -0.2) is 9.29 Å². The van der Waals surface area contributed by atoms with Gasteiger partial charge < -0.3 is 0 Å². The monoisotopic (exact) mass is 333 g/mol. The standard InChI is InChI=1S/C16H9ClFNO2S/c17-11-6-2-1-5-10(11)9-14-15(20)19(16(21)22-14)13-8-4-3-7-12(13)18/h1-9H/b14-9-. The fraction of sp³-hybridized carbons (Fsp3) is 0. The van der Waals surface area contributed by atoms with Crippen molar-refractivity contribution >= 4 is 46.3 Å². The Morgan fingerprint density at radius 1 is 1.05 bits per heavy atom. The fourth-order valence-electron chi connectivity index (χ4n) is 2.04. The van der Waals surface area contributed by atoms with Gasteiger partial charge in [0, 0.05) is 5.02 Å². The summed E-state index contributed by atoms with van der Waals surface area (Å²) in [6, 6.07) is 12.6. The molecule has 1 aliphatic rings. The molecule has 0 saturated carbocycles. The molecule has 3 rings (SSSR count). The van der Waals surface area contributed by atoms with E-state index >= 15 is 0 Å². The second-order valence-corrected chi connectivity index (χ2v) is 5.89. The summed E-state index contributed by atoms with van der Waals surface area (Å²) in [5.41, 5.74) is 0.579. The fourth-order valence-corrected chi connectivity index (χ4v) is 3.06. The summed E-state index contributed by atoms with van der Waals surface area (Å²) < 4.78 is 13.8. The van der Waals surface area contributed by atoms with Crippen LogP contribution in [-0.4, -0.2) is 11.1 Å². The molecule has 1 aliphatic heterocycles. The van der Waals surface area contributed by atoms with Crippen molar-refractivity contribution in [3.63, 3.8) is 0 Å². The first-order chi connectivity index (χ1) is 10.6. The van der Waals surface area contributed by atoms with E-state index in [1.807, 2.05) is 0 Å². The van der Waals surface area contributed by atoms with E-state index in [0.29, 0.717) is 10.6 Å². The lowest BCUT2D eigenvalue weighted by Crippen LogP contribution is -2.28. The molecular formula is C16H9ClFNO2S. The van der Waals surface area contributed by atoms with Gasteiger partial charge in [0.15, 0.2) is 0 Å². The number of para-hydroxylation sites is 1. The van der Waals surface area contributed by atoms with Crippen molar-refractivity contribution in [1.82, 2.24) is 0 Å². The van der Waals surface area contributed by atoms with E-state index in [9.17, 15) is 14.0 Å². The third-order valence-electron chi connectivity index (χ3n) is 3.08. The van der Waals surface area contributed by atoms with Gasteiger partial charge in [-0.3, -0.25) is 9.59 Å². The molecule has 0 radical (unpaired) electrons. The van der Waals surface area contributed by atoms with Crippen molar-refractivity contribution in [3.05, 3.63) is 69.8 Å². The number of carbonyl (C=O) groups is 2. The van der Waals surface area contributed by atoms with Crippen molar-refractivity contribution in [2.24, 2.45) is 0 Å². The largest absolute Gasteiger partial charge is 0.298 e. The summed E-state index contributed by atoms with van der Waals surface area (Å²) in [5.74, 6) is -1.18. The molecule has 22 heavy (non-hydrogen) atoms. The van der Waals surface area contributed by atoms with Gasteiger partial charge in [-0.2, -0.15) is 0 Å². The van der Waals surface area contributed by atoms with E-state index in [0.717, 1.165) is 16.7 Å². The quantitative estimate of drug-likeness (QED) is 0.746. The van der Waals surface area contributed by atoms with Gasteiger partial charge in [-0.1, -0.05) is 41.9 Å². The molecule has 0 bridgehead atoms. The summed E-state index contributed by atoms with van der Waals surface area (Å²) >= 11 is 6.80. The Bertz CT molecular complexity index is 806. The summed E-state index contributed by atoms with van der Waals surface area (Å²) in [5, 5.41) is -0.0615. The van der Waals surface area contributed by atoms with E-state index in [1.54, 1.807) is 30.3 Å². The Kier molecular flexibility index (Phi) is 4.00. The Balaban J connectivity index is 1.99. The summed E-state index contributed by atoms with van der Waals surface area (Å²) in [4.78, 5) is 25.5. The van der Waals surface area contributed by atoms with Gasteiger partial charge in [-0.05, 0) is 41.6 Å². The zero-order valence-corrected chi connectivity index (χ0v) is 12.7. The topological polar surface area (TPSA) is 37.4 Å². The molecule has 1 fully saturated rings. The molecule has 0 N–H and O–H groups in total. The van der Waals surface area contributed by atoms with Gasteiger partial charge in [0.2, 0.25) is 0 Å². The molecule has 0 aliphatic carbocycles. The van der Waals surface area contributed by atoms with E-state index in [4.69, 9.17) is 11.6 Å². The van der Waals surface area contributed by atoms with Crippen LogP contribution in [0.5, 0.6) is 0 Å². The molecule has 0 unspecified atom stereocenters. The molecule has 110 valence electrons. The van der Waals surface area contributed by atoms with Crippen molar-refractivity contribution in [2.75, 3.05) is 4.90 Å². The second-order valence-electron chi connectivity index (χ2n) is 4.49. The maximum Gasteiger partial charge on any atom is 0.298 e. The van der Waals surface area contributed by atoms with Crippen LogP contribution in [0.4, 0.5) is 14.9 Å². The first-order valence-corrected chi connectivity index (χ1v) is 7.54. The number of thioether (sulfide) groups is 1. The summed E-state index contributed by atoms with van der Waals surface area (Å²) in [6.07, 6.45) is 1.54.